The number of esters is 1. The Bertz CT molecular complexity index is 1330. The van der Waals surface area contributed by atoms with Gasteiger partial charge in [-0.3, -0.25) is 14.4 Å². The average molecular weight is 562 g/mol. The highest BCUT2D eigenvalue weighted by atomic mass is 16.6. The first kappa shape index (κ1) is 31.1. The van der Waals surface area contributed by atoms with E-state index in [1.54, 1.807) is 27.7 Å². The molecule has 0 aliphatic heterocycles. The van der Waals surface area contributed by atoms with Crippen molar-refractivity contribution in [1.82, 2.24) is 16.0 Å². The van der Waals surface area contributed by atoms with E-state index in [9.17, 15) is 19.2 Å². The molecule has 9 heteroatoms. The summed E-state index contributed by atoms with van der Waals surface area (Å²) in [6, 6.07) is 21.6. The summed E-state index contributed by atoms with van der Waals surface area (Å²) in [6.07, 6.45) is -0.704. The largest absolute Gasteiger partial charge is 0.461 e. The van der Waals surface area contributed by atoms with Crippen molar-refractivity contribution < 1.29 is 28.7 Å². The Morgan fingerprint density at radius 1 is 0.854 bits per heavy atom. The lowest BCUT2D eigenvalue weighted by Gasteiger charge is -2.24. The summed E-state index contributed by atoms with van der Waals surface area (Å²) in [4.78, 5) is 50.3. The van der Waals surface area contributed by atoms with E-state index >= 15 is 0 Å². The molecule has 0 aliphatic rings. The maximum atomic E-state index is 12.8. The third-order valence-electron chi connectivity index (χ3n) is 6.20. The molecular formula is C32H39N3O6. The van der Waals surface area contributed by atoms with Crippen LogP contribution in [-0.2, 0) is 37.0 Å². The zero-order valence-corrected chi connectivity index (χ0v) is 24.1. The number of rotatable bonds is 12. The monoisotopic (exact) mass is 561 g/mol. The Morgan fingerprint density at radius 3 is 2.27 bits per heavy atom. The molecule has 0 saturated carbocycles. The predicted octanol–water partition coefficient (Wildman–Crippen LogP) is 4.77. The molecule has 218 valence electrons. The normalized spacial score (nSPS) is 12.6. The molecule has 3 rings (SSSR count). The lowest BCUT2D eigenvalue weighted by atomic mass is 10.0. The first-order chi connectivity index (χ1) is 19.5. The molecule has 0 spiro atoms. The van der Waals surface area contributed by atoms with E-state index in [4.69, 9.17) is 9.47 Å². The number of alkyl carbamates (subject to hydrolysis) is 1. The highest BCUT2D eigenvalue weighted by Crippen LogP contribution is 2.18. The van der Waals surface area contributed by atoms with E-state index in [-0.39, 0.29) is 31.8 Å². The highest BCUT2D eigenvalue weighted by Gasteiger charge is 2.24. The maximum Gasteiger partial charge on any atom is 0.407 e. The van der Waals surface area contributed by atoms with Gasteiger partial charge in [-0.05, 0) is 56.0 Å². The fourth-order valence-electron chi connectivity index (χ4n) is 4.17. The molecule has 0 aromatic heterocycles. The first-order valence-electron chi connectivity index (χ1n) is 13.7. The van der Waals surface area contributed by atoms with Gasteiger partial charge >= 0.3 is 12.1 Å². The lowest BCUT2D eigenvalue weighted by Crippen LogP contribution is -2.47. The Kier molecular flexibility index (Phi) is 11.3. The van der Waals surface area contributed by atoms with Gasteiger partial charge in [-0.2, -0.15) is 0 Å². The van der Waals surface area contributed by atoms with Crippen LogP contribution in [0.4, 0.5) is 4.79 Å². The van der Waals surface area contributed by atoms with Crippen LogP contribution < -0.4 is 16.0 Å². The minimum absolute atomic E-state index is 0.0123. The molecule has 0 radical (unpaired) electrons. The van der Waals surface area contributed by atoms with Gasteiger partial charge in [0, 0.05) is 25.4 Å². The number of hydrogen-bond acceptors (Lipinski definition) is 6. The van der Waals surface area contributed by atoms with Gasteiger partial charge in [0.15, 0.2) is 0 Å². The molecule has 3 amide bonds. The molecule has 41 heavy (non-hydrogen) atoms. The SMILES string of the molecule is C[C@H](NC(=O)C[C@H](CCC(=O)OCc1ccccc1)NC(=O)OC(C)(C)C)C(=O)NCc1cccc2ccccc12. The van der Waals surface area contributed by atoms with Crippen molar-refractivity contribution in [3.8, 4) is 0 Å². The molecule has 9 nitrogen and oxygen atoms in total. The molecule has 0 bridgehead atoms. The number of hydrogen-bond donors (Lipinski definition) is 3. The smallest absolute Gasteiger partial charge is 0.407 e. The summed E-state index contributed by atoms with van der Waals surface area (Å²) in [7, 11) is 0. The maximum absolute atomic E-state index is 12.8. The standard InChI is InChI=1S/C32H39N3O6/c1-22(30(38)33-20-25-15-10-14-24-13-8-9-16-27(24)25)34-28(36)19-26(35-31(39)41-32(2,3)4)17-18-29(37)40-21-23-11-6-5-7-12-23/h5-16,22,26H,17-21H2,1-4H3,(H,33,38)(H,34,36)(H,35,39)/t22-,26-/m0/s1. The number of nitrogens with one attached hydrogen (secondary N) is 3. The molecule has 3 N–H and O–H groups in total. The molecule has 0 saturated heterocycles. The van der Waals surface area contributed by atoms with Crippen LogP contribution in [0.5, 0.6) is 0 Å². The van der Waals surface area contributed by atoms with Gasteiger partial charge in [-0.15, -0.1) is 0 Å². The average Bonchev–Trinajstić information content (AvgIpc) is 2.92. The minimum Gasteiger partial charge on any atom is -0.461 e. The van der Waals surface area contributed by atoms with Crippen LogP contribution in [0.3, 0.4) is 0 Å². The fourth-order valence-corrected chi connectivity index (χ4v) is 4.17. The van der Waals surface area contributed by atoms with Gasteiger partial charge in [0.2, 0.25) is 11.8 Å². The van der Waals surface area contributed by atoms with Gasteiger partial charge in [0.05, 0.1) is 0 Å². The lowest BCUT2D eigenvalue weighted by molar-refractivity contribution is -0.145. The topological polar surface area (TPSA) is 123 Å². The third-order valence-corrected chi connectivity index (χ3v) is 6.20. The zero-order valence-electron chi connectivity index (χ0n) is 24.1. The second kappa shape index (κ2) is 14.8. The van der Waals surface area contributed by atoms with E-state index in [0.717, 1.165) is 21.9 Å². The van der Waals surface area contributed by atoms with Gasteiger partial charge in [-0.1, -0.05) is 72.8 Å². The van der Waals surface area contributed by atoms with Crippen molar-refractivity contribution in [1.29, 1.82) is 0 Å². The Labute approximate surface area is 241 Å². The van der Waals surface area contributed by atoms with Gasteiger partial charge < -0.3 is 25.4 Å². The van der Waals surface area contributed by atoms with Crippen LogP contribution in [0.25, 0.3) is 10.8 Å². The van der Waals surface area contributed by atoms with Gasteiger partial charge in [0.25, 0.3) is 0 Å². The number of fused-ring (bicyclic) bond motifs is 1. The molecule has 0 heterocycles. The van der Waals surface area contributed by atoms with E-state index in [0.29, 0.717) is 6.54 Å². The van der Waals surface area contributed by atoms with E-state index in [2.05, 4.69) is 16.0 Å². The fraction of sp³-hybridized carbons (Fsp3) is 0.375. The van der Waals surface area contributed by atoms with Crippen LogP contribution in [0.2, 0.25) is 0 Å². The first-order valence-corrected chi connectivity index (χ1v) is 13.7. The molecule has 2 atom stereocenters. The van der Waals surface area contributed by atoms with E-state index in [1.165, 1.54) is 0 Å². The molecule has 0 unspecified atom stereocenters. The molecular weight excluding hydrogens is 522 g/mol. The third kappa shape index (κ3) is 10.9. The van der Waals surface area contributed by atoms with Crippen molar-refractivity contribution in [2.45, 2.75) is 77.8 Å². The predicted molar refractivity (Wildman–Crippen MR) is 157 cm³/mol. The Morgan fingerprint density at radius 2 is 1.54 bits per heavy atom. The van der Waals surface area contributed by atoms with Crippen molar-refractivity contribution >= 4 is 34.6 Å². The van der Waals surface area contributed by atoms with Crippen LogP contribution in [-0.4, -0.2) is 41.6 Å². The van der Waals surface area contributed by atoms with Crippen molar-refractivity contribution in [2.24, 2.45) is 0 Å². The Balaban J connectivity index is 1.52. The zero-order chi connectivity index (χ0) is 29.8. The number of amides is 3. The molecule has 0 aliphatic carbocycles. The number of ether oxygens (including phenoxy) is 2. The van der Waals surface area contributed by atoms with Crippen molar-refractivity contribution in [3.05, 3.63) is 83.9 Å². The minimum atomic E-state index is -0.810. The number of carbonyl (C=O) groups excluding carboxylic acids is 4. The highest BCUT2D eigenvalue weighted by molar-refractivity contribution is 5.89. The van der Waals surface area contributed by atoms with Crippen molar-refractivity contribution in [3.63, 3.8) is 0 Å². The summed E-state index contributed by atoms with van der Waals surface area (Å²) in [5.74, 6) is -1.24. The van der Waals surface area contributed by atoms with Gasteiger partial charge in [0.1, 0.15) is 18.2 Å². The van der Waals surface area contributed by atoms with E-state index in [1.807, 2.05) is 72.8 Å². The number of benzene rings is 3. The molecule has 3 aromatic rings. The summed E-state index contributed by atoms with van der Waals surface area (Å²) >= 11 is 0. The number of carbonyl (C=O) groups is 4. The van der Waals surface area contributed by atoms with Crippen LogP contribution in [0, 0.1) is 0 Å². The van der Waals surface area contributed by atoms with Crippen molar-refractivity contribution in [2.75, 3.05) is 0 Å². The van der Waals surface area contributed by atoms with Gasteiger partial charge in [-0.25, -0.2) is 4.79 Å². The molecule has 3 aromatic carbocycles. The summed E-state index contributed by atoms with van der Waals surface area (Å²) in [6.45, 7) is 7.23. The Hall–Kier alpha value is -4.40. The molecule has 0 fully saturated rings. The summed E-state index contributed by atoms with van der Waals surface area (Å²) in [5.41, 5.74) is 1.09. The van der Waals surface area contributed by atoms with Crippen LogP contribution >= 0.6 is 0 Å². The second-order valence-corrected chi connectivity index (χ2v) is 10.9. The second-order valence-electron chi connectivity index (χ2n) is 10.9. The van der Waals surface area contributed by atoms with E-state index < -0.39 is 35.7 Å². The van der Waals surface area contributed by atoms with Crippen LogP contribution in [0.1, 0.15) is 58.1 Å². The summed E-state index contributed by atoms with van der Waals surface area (Å²) < 4.78 is 10.6. The quantitative estimate of drug-likeness (QED) is 0.274. The van der Waals surface area contributed by atoms with Crippen LogP contribution in [0.15, 0.2) is 72.8 Å². The summed E-state index contributed by atoms with van der Waals surface area (Å²) in [5, 5.41) is 10.3.